The number of rotatable bonds is 4. The summed E-state index contributed by atoms with van der Waals surface area (Å²) in [5.74, 6) is -1.04. The molecule has 0 unspecified atom stereocenters. The molecule has 1 N–H and O–H groups in total. The van der Waals surface area contributed by atoms with E-state index in [2.05, 4.69) is 5.32 Å². The normalized spacial score (nSPS) is 18.0. The monoisotopic (exact) mass is 415 g/mol. The average Bonchev–Trinajstić information content (AvgIpc) is 2.67. The molecule has 0 saturated heterocycles. The molecular weight excluding hydrogens is 394 g/mol. The van der Waals surface area contributed by atoms with Gasteiger partial charge < -0.3 is 10.1 Å². The third kappa shape index (κ3) is 3.77. The molecule has 4 nitrogen and oxygen atoms in total. The summed E-state index contributed by atoms with van der Waals surface area (Å²) in [6, 6.07) is 14.8. The van der Waals surface area contributed by atoms with Crippen LogP contribution in [0.1, 0.15) is 30.9 Å². The van der Waals surface area contributed by atoms with Gasteiger partial charge in [-0.1, -0.05) is 47.5 Å². The molecule has 2 atom stereocenters. The van der Waals surface area contributed by atoms with E-state index in [9.17, 15) is 9.00 Å². The molecule has 0 radical (unpaired) electrons. The van der Waals surface area contributed by atoms with E-state index in [0.29, 0.717) is 26.1 Å². The summed E-state index contributed by atoms with van der Waals surface area (Å²) < 4.78 is 18.6. The first-order chi connectivity index (χ1) is 13.3. The molecule has 2 aromatic carbocycles. The number of dihydropyridines is 1. The van der Waals surface area contributed by atoms with E-state index in [1.807, 2.05) is 63.2 Å². The van der Waals surface area contributed by atoms with E-state index in [-0.39, 0.29) is 0 Å². The molecule has 0 spiro atoms. The van der Waals surface area contributed by atoms with Gasteiger partial charge in [0.05, 0.1) is 34.3 Å². The molecule has 0 amide bonds. The van der Waals surface area contributed by atoms with E-state index in [0.717, 1.165) is 16.8 Å². The van der Waals surface area contributed by atoms with Crippen molar-refractivity contribution < 1.29 is 13.7 Å². The lowest BCUT2D eigenvalue weighted by Crippen LogP contribution is -2.30. The van der Waals surface area contributed by atoms with Gasteiger partial charge >= 0.3 is 5.97 Å². The van der Waals surface area contributed by atoms with E-state index in [1.54, 1.807) is 6.07 Å². The molecule has 3 rings (SSSR count). The number of methoxy groups -OCH3 is 1. The highest BCUT2D eigenvalue weighted by molar-refractivity contribution is 7.89. The number of aryl methyl sites for hydroxylation is 1. The molecule has 0 saturated carbocycles. The van der Waals surface area contributed by atoms with Crippen LogP contribution in [0.15, 0.2) is 75.3 Å². The Labute approximate surface area is 172 Å². The molecule has 1 aliphatic heterocycles. The summed E-state index contributed by atoms with van der Waals surface area (Å²) in [7, 11) is -0.143. The van der Waals surface area contributed by atoms with E-state index in [4.69, 9.17) is 16.3 Å². The Balaban J connectivity index is 2.22. The fourth-order valence-corrected chi connectivity index (χ4v) is 5.07. The predicted molar refractivity (Wildman–Crippen MR) is 112 cm³/mol. The van der Waals surface area contributed by atoms with Gasteiger partial charge in [0.2, 0.25) is 0 Å². The van der Waals surface area contributed by atoms with Gasteiger partial charge in [-0.05, 0) is 44.5 Å². The summed E-state index contributed by atoms with van der Waals surface area (Å²) in [5.41, 5.74) is 3.63. The van der Waals surface area contributed by atoms with Crippen LogP contribution in [0.25, 0.3) is 0 Å². The maximum atomic E-state index is 13.6. The third-order valence-corrected chi connectivity index (χ3v) is 6.74. The number of hydrogen-bond donors (Lipinski definition) is 1. The Morgan fingerprint density at radius 1 is 1.04 bits per heavy atom. The quantitative estimate of drug-likeness (QED) is 0.727. The van der Waals surface area contributed by atoms with Crippen molar-refractivity contribution in [1.29, 1.82) is 0 Å². The molecule has 0 aliphatic carbocycles. The Hall–Kier alpha value is -2.37. The highest BCUT2D eigenvalue weighted by Crippen LogP contribution is 2.43. The second kappa shape index (κ2) is 8.33. The van der Waals surface area contributed by atoms with E-state index >= 15 is 0 Å². The van der Waals surface area contributed by atoms with Crippen LogP contribution in [0.2, 0.25) is 5.02 Å². The SMILES string of the molecule is COC(=O)C1=C(C)NC(C)=C([S@@](=O)c2ccc(C)cc2)[C@@H]1c1ccccc1Cl. The zero-order valence-electron chi connectivity index (χ0n) is 16.2. The molecule has 1 heterocycles. The lowest BCUT2D eigenvalue weighted by atomic mass is 9.86. The lowest BCUT2D eigenvalue weighted by Gasteiger charge is -2.31. The first-order valence-corrected chi connectivity index (χ1v) is 10.4. The molecule has 1 aliphatic rings. The summed E-state index contributed by atoms with van der Waals surface area (Å²) in [6.45, 7) is 5.65. The molecular formula is C22H22ClNO3S. The standard InChI is InChI=1S/C22H22ClNO3S/c1-13-9-11-16(12-10-13)28(26)21-15(3)24-14(2)19(22(25)27-4)20(21)17-7-5-6-8-18(17)23/h5-12,20,24H,1-4H3/t20-,28+/m1/s1. The molecule has 0 aromatic heterocycles. The van der Waals surface area contributed by atoms with Crippen molar-refractivity contribution in [3.05, 3.63) is 86.6 Å². The van der Waals surface area contributed by atoms with Gasteiger partial charge in [0.15, 0.2) is 0 Å². The van der Waals surface area contributed by atoms with Crippen molar-refractivity contribution in [2.24, 2.45) is 0 Å². The van der Waals surface area contributed by atoms with Crippen molar-refractivity contribution in [3.63, 3.8) is 0 Å². The van der Waals surface area contributed by atoms with Crippen LogP contribution >= 0.6 is 11.6 Å². The second-order valence-electron chi connectivity index (χ2n) is 6.68. The first kappa shape index (κ1) is 20.4. The number of esters is 1. The van der Waals surface area contributed by atoms with Gasteiger partial charge in [-0.2, -0.15) is 0 Å². The van der Waals surface area contributed by atoms with Crippen LogP contribution in [-0.2, 0) is 20.3 Å². The van der Waals surface area contributed by atoms with Gasteiger partial charge in [-0.15, -0.1) is 0 Å². The maximum absolute atomic E-state index is 13.6. The smallest absolute Gasteiger partial charge is 0.336 e. The van der Waals surface area contributed by atoms with Crippen molar-refractivity contribution >= 4 is 28.4 Å². The summed E-state index contributed by atoms with van der Waals surface area (Å²) in [6.07, 6.45) is 0. The minimum absolute atomic E-state index is 0.414. The summed E-state index contributed by atoms with van der Waals surface area (Å²) >= 11 is 6.49. The Morgan fingerprint density at radius 3 is 2.29 bits per heavy atom. The van der Waals surface area contributed by atoms with Crippen LogP contribution in [-0.4, -0.2) is 17.3 Å². The van der Waals surface area contributed by atoms with Crippen LogP contribution in [0.3, 0.4) is 0 Å². The highest BCUT2D eigenvalue weighted by atomic mass is 35.5. The predicted octanol–water partition coefficient (Wildman–Crippen LogP) is 4.82. The number of carbonyl (C=O) groups excluding carboxylic acids is 1. The second-order valence-corrected chi connectivity index (χ2v) is 8.54. The zero-order valence-corrected chi connectivity index (χ0v) is 17.8. The Kier molecular flexibility index (Phi) is 6.06. The minimum atomic E-state index is -1.48. The fraction of sp³-hybridized carbons (Fsp3) is 0.227. The van der Waals surface area contributed by atoms with Gasteiger partial charge in [0.1, 0.15) is 0 Å². The first-order valence-electron chi connectivity index (χ1n) is 8.85. The molecule has 6 heteroatoms. The van der Waals surface area contributed by atoms with E-state index < -0.39 is 22.7 Å². The van der Waals surface area contributed by atoms with Crippen molar-refractivity contribution in [3.8, 4) is 0 Å². The number of nitrogens with one attached hydrogen (secondary N) is 1. The molecule has 146 valence electrons. The van der Waals surface area contributed by atoms with Crippen molar-refractivity contribution in [2.45, 2.75) is 31.6 Å². The number of halogens is 1. The summed E-state index contributed by atoms with van der Waals surface area (Å²) in [4.78, 5) is 13.9. The van der Waals surface area contributed by atoms with Gasteiger partial charge in [-0.25, -0.2) is 9.00 Å². The Bertz CT molecular complexity index is 1010. The lowest BCUT2D eigenvalue weighted by molar-refractivity contribution is -0.136. The van der Waals surface area contributed by atoms with Crippen molar-refractivity contribution in [2.75, 3.05) is 7.11 Å². The molecule has 0 fully saturated rings. The number of ether oxygens (including phenoxy) is 1. The number of allylic oxidation sites excluding steroid dienone is 3. The van der Waals surface area contributed by atoms with E-state index in [1.165, 1.54) is 7.11 Å². The highest BCUT2D eigenvalue weighted by Gasteiger charge is 2.37. The maximum Gasteiger partial charge on any atom is 0.336 e. The van der Waals surface area contributed by atoms with Crippen LogP contribution < -0.4 is 5.32 Å². The largest absolute Gasteiger partial charge is 0.466 e. The zero-order chi connectivity index (χ0) is 20.4. The average molecular weight is 416 g/mol. The van der Waals surface area contributed by atoms with Crippen molar-refractivity contribution in [1.82, 2.24) is 5.32 Å². The van der Waals surface area contributed by atoms with Crippen LogP contribution in [0.5, 0.6) is 0 Å². The minimum Gasteiger partial charge on any atom is -0.466 e. The number of hydrogen-bond acceptors (Lipinski definition) is 4. The molecule has 0 bridgehead atoms. The van der Waals surface area contributed by atoms with Crippen LogP contribution in [0.4, 0.5) is 0 Å². The fourth-order valence-electron chi connectivity index (χ4n) is 3.40. The Morgan fingerprint density at radius 2 is 1.68 bits per heavy atom. The van der Waals surface area contributed by atoms with Crippen LogP contribution in [0, 0.1) is 6.92 Å². The third-order valence-electron chi connectivity index (χ3n) is 4.76. The number of carbonyl (C=O) groups is 1. The van der Waals surface area contributed by atoms with Gasteiger partial charge in [0, 0.05) is 21.3 Å². The summed E-state index contributed by atoms with van der Waals surface area (Å²) in [5, 5.41) is 3.71. The number of benzene rings is 2. The van der Waals surface area contributed by atoms with Gasteiger partial charge in [-0.3, -0.25) is 0 Å². The molecule has 2 aromatic rings. The molecule has 28 heavy (non-hydrogen) atoms. The van der Waals surface area contributed by atoms with Gasteiger partial charge in [0.25, 0.3) is 0 Å². The topological polar surface area (TPSA) is 55.4 Å².